The highest BCUT2D eigenvalue weighted by Crippen LogP contribution is 2.14. The van der Waals surface area contributed by atoms with Crippen LogP contribution in [-0.4, -0.2) is 9.56 Å². The Hall–Kier alpha value is -2.01. The van der Waals surface area contributed by atoms with Crippen molar-refractivity contribution >= 4 is 17.2 Å². The van der Waals surface area contributed by atoms with Gasteiger partial charge in [0.2, 0.25) is 0 Å². The molecule has 0 atom stereocenters. The molecule has 1 aromatic heterocycles. The van der Waals surface area contributed by atoms with Crippen LogP contribution < -0.4 is 11.3 Å². The zero-order chi connectivity index (χ0) is 14.0. The summed E-state index contributed by atoms with van der Waals surface area (Å²) in [7, 11) is 0. The zero-order valence-corrected chi connectivity index (χ0v) is 11.2. The van der Waals surface area contributed by atoms with Crippen LogP contribution in [0.4, 0.5) is 4.39 Å². The molecule has 2 N–H and O–H groups in total. The number of pyridine rings is 1. The van der Waals surface area contributed by atoms with Gasteiger partial charge < -0.3 is 10.3 Å². The number of rotatable bonds is 3. The lowest BCUT2D eigenvalue weighted by molar-refractivity contribution is 0.594. The summed E-state index contributed by atoms with van der Waals surface area (Å²) in [5.74, 6) is -0.470. The van der Waals surface area contributed by atoms with Crippen molar-refractivity contribution in [2.45, 2.75) is 13.5 Å². The molecule has 0 aliphatic heterocycles. The molecule has 0 bridgehead atoms. The number of nitrogens with zero attached hydrogens (tertiary/aromatic N) is 1. The Morgan fingerprint density at radius 2 is 2.16 bits per heavy atom. The van der Waals surface area contributed by atoms with Gasteiger partial charge in [-0.2, -0.15) is 0 Å². The van der Waals surface area contributed by atoms with Gasteiger partial charge in [-0.15, -0.1) is 0 Å². The van der Waals surface area contributed by atoms with Gasteiger partial charge in [0.05, 0.1) is 6.54 Å². The Kier molecular flexibility index (Phi) is 3.76. The molecule has 0 radical (unpaired) electrons. The SMILES string of the molecule is Cc1ccn(Cc2cccc(C(N)=S)c2F)c(=O)c1. The number of aryl methyl sites for hydroxylation is 1. The van der Waals surface area contributed by atoms with E-state index in [1.807, 2.05) is 6.92 Å². The summed E-state index contributed by atoms with van der Waals surface area (Å²) in [5, 5.41) is 0. The van der Waals surface area contributed by atoms with Gasteiger partial charge >= 0.3 is 0 Å². The summed E-state index contributed by atoms with van der Waals surface area (Å²) in [6.07, 6.45) is 1.64. The van der Waals surface area contributed by atoms with Crippen LogP contribution >= 0.6 is 12.2 Å². The summed E-state index contributed by atoms with van der Waals surface area (Å²) >= 11 is 4.79. The molecule has 0 amide bonds. The maximum absolute atomic E-state index is 14.1. The van der Waals surface area contributed by atoms with Gasteiger partial charge in [-0.05, 0) is 24.6 Å². The van der Waals surface area contributed by atoms with Gasteiger partial charge in [-0.3, -0.25) is 4.79 Å². The molecule has 0 fully saturated rings. The fourth-order valence-electron chi connectivity index (χ4n) is 1.81. The Morgan fingerprint density at radius 1 is 1.42 bits per heavy atom. The fraction of sp³-hybridized carbons (Fsp3) is 0.143. The van der Waals surface area contributed by atoms with Crippen LogP contribution in [0.1, 0.15) is 16.7 Å². The second-order valence-corrected chi connectivity index (χ2v) is 4.75. The number of benzene rings is 1. The van der Waals surface area contributed by atoms with Gasteiger partial charge in [0.15, 0.2) is 0 Å². The van der Waals surface area contributed by atoms with Crippen molar-refractivity contribution in [3.05, 3.63) is 69.4 Å². The Morgan fingerprint density at radius 3 is 2.79 bits per heavy atom. The van der Waals surface area contributed by atoms with Crippen molar-refractivity contribution in [1.29, 1.82) is 0 Å². The Bertz CT molecular complexity index is 694. The minimum Gasteiger partial charge on any atom is -0.389 e. The molecule has 0 aliphatic rings. The number of aromatic nitrogens is 1. The van der Waals surface area contributed by atoms with Crippen molar-refractivity contribution < 1.29 is 4.39 Å². The van der Waals surface area contributed by atoms with Gasteiger partial charge in [0, 0.05) is 23.4 Å². The molecule has 1 aromatic carbocycles. The highest BCUT2D eigenvalue weighted by Gasteiger charge is 2.10. The molecule has 19 heavy (non-hydrogen) atoms. The number of hydrogen-bond acceptors (Lipinski definition) is 2. The van der Waals surface area contributed by atoms with Crippen LogP contribution in [0.15, 0.2) is 41.3 Å². The molecule has 3 nitrogen and oxygen atoms in total. The summed E-state index contributed by atoms with van der Waals surface area (Å²) in [6, 6.07) is 8.13. The van der Waals surface area contributed by atoms with Crippen molar-refractivity contribution in [3.8, 4) is 0 Å². The monoisotopic (exact) mass is 276 g/mol. The molecular formula is C14H13FN2OS. The van der Waals surface area contributed by atoms with Crippen molar-refractivity contribution in [2.24, 2.45) is 5.73 Å². The quantitative estimate of drug-likeness (QED) is 0.872. The molecule has 0 spiro atoms. The molecule has 0 saturated heterocycles. The molecule has 0 unspecified atom stereocenters. The van der Waals surface area contributed by atoms with E-state index in [9.17, 15) is 9.18 Å². The van der Waals surface area contributed by atoms with Crippen LogP contribution in [0.25, 0.3) is 0 Å². The molecule has 2 rings (SSSR count). The maximum Gasteiger partial charge on any atom is 0.251 e. The third-order valence-electron chi connectivity index (χ3n) is 2.84. The highest BCUT2D eigenvalue weighted by molar-refractivity contribution is 7.80. The minimum atomic E-state index is -0.470. The van der Waals surface area contributed by atoms with E-state index in [0.717, 1.165) is 5.56 Å². The topological polar surface area (TPSA) is 48.0 Å². The smallest absolute Gasteiger partial charge is 0.251 e. The van der Waals surface area contributed by atoms with Crippen LogP contribution in [0.5, 0.6) is 0 Å². The third kappa shape index (κ3) is 2.88. The number of thiocarbonyl (C=S) groups is 1. The number of halogens is 1. The largest absolute Gasteiger partial charge is 0.389 e. The second-order valence-electron chi connectivity index (χ2n) is 4.31. The van der Waals surface area contributed by atoms with E-state index in [-0.39, 0.29) is 22.7 Å². The maximum atomic E-state index is 14.1. The van der Waals surface area contributed by atoms with Crippen molar-refractivity contribution in [3.63, 3.8) is 0 Å². The van der Waals surface area contributed by atoms with E-state index in [1.165, 1.54) is 16.7 Å². The molecule has 1 heterocycles. The fourth-order valence-corrected chi connectivity index (χ4v) is 1.97. The first-order valence-corrected chi connectivity index (χ1v) is 6.14. The third-order valence-corrected chi connectivity index (χ3v) is 3.06. The average molecular weight is 276 g/mol. The molecule has 0 aliphatic carbocycles. The van der Waals surface area contributed by atoms with Crippen LogP contribution in [0.2, 0.25) is 0 Å². The number of nitrogens with two attached hydrogens (primary N) is 1. The first-order valence-electron chi connectivity index (χ1n) is 5.73. The standard InChI is InChI=1S/C14H13FN2OS/c1-9-5-6-17(12(18)7-9)8-10-3-2-4-11(13(10)15)14(16)19/h2-7H,8H2,1H3,(H2,16,19). The summed E-state index contributed by atoms with van der Waals surface area (Å²) < 4.78 is 15.6. The summed E-state index contributed by atoms with van der Waals surface area (Å²) in [6.45, 7) is 1.99. The predicted octanol–water partition coefficient (Wildman–Crippen LogP) is 1.98. The van der Waals surface area contributed by atoms with E-state index >= 15 is 0 Å². The van der Waals surface area contributed by atoms with E-state index in [2.05, 4.69) is 0 Å². The molecule has 98 valence electrons. The first kappa shape index (κ1) is 13.4. The molecule has 0 saturated carbocycles. The lowest BCUT2D eigenvalue weighted by Crippen LogP contribution is -2.21. The lowest BCUT2D eigenvalue weighted by Gasteiger charge is -2.09. The first-order chi connectivity index (χ1) is 8.99. The highest BCUT2D eigenvalue weighted by atomic mass is 32.1. The summed E-state index contributed by atoms with van der Waals surface area (Å²) in [5.41, 5.74) is 6.74. The predicted molar refractivity (Wildman–Crippen MR) is 76.8 cm³/mol. The lowest BCUT2D eigenvalue weighted by atomic mass is 10.1. The summed E-state index contributed by atoms with van der Waals surface area (Å²) in [4.78, 5) is 11.8. The van der Waals surface area contributed by atoms with Gasteiger partial charge in [-0.25, -0.2) is 4.39 Å². The van der Waals surface area contributed by atoms with Crippen LogP contribution in [-0.2, 0) is 6.54 Å². The van der Waals surface area contributed by atoms with E-state index in [0.29, 0.717) is 5.56 Å². The van der Waals surface area contributed by atoms with E-state index in [1.54, 1.807) is 24.4 Å². The Labute approximate surface area is 115 Å². The van der Waals surface area contributed by atoms with Crippen LogP contribution in [0.3, 0.4) is 0 Å². The van der Waals surface area contributed by atoms with E-state index < -0.39 is 5.82 Å². The molecular weight excluding hydrogens is 263 g/mol. The van der Waals surface area contributed by atoms with Crippen molar-refractivity contribution in [1.82, 2.24) is 4.57 Å². The number of hydrogen-bond donors (Lipinski definition) is 1. The normalized spacial score (nSPS) is 10.4. The average Bonchev–Trinajstić information content (AvgIpc) is 2.34. The molecule has 2 aromatic rings. The minimum absolute atomic E-state index is 0.00982. The van der Waals surface area contributed by atoms with Gasteiger partial charge in [0.25, 0.3) is 5.56 Å². The van der Waals surface area contributed by atoms with Crippen molar-refractivity contribution in [2.75, 3.05) is 0 Å². The second kappa shape index (κ2) is 5.32. The van der Waals surface area contributed by atoms with E-state index in [4.69, 9.17) is 18.0 Å². The van der Waals surface area contributed by atoms with Crippen LogP contribution in [0, 0.1) is 12.7 Å². The Balaban J connectivity index is 2.41. The van der Waals surface area contributed by atoms with Gasteiger partial charge in [-0.1, -0.05) is 24.4 Å². The molecule has 5 heteroatoms. The zero-order valence-electron chi connectivity index (χ0n) is 10.4. The van der Waals surface area contributed by atoms with Gasteiger partial charge in [0.1, 0.15) is 10.8 Å².